The first kappa shape index (κ1) is 21.6. The summed E-state index contributed by atoms with van der Waals surface area (Å²) >= 11 is 1.36. The molecule has 7 nitrogen and oxygen atoms in total. The van der Waals surface area contributed by atoms with Crippen LogP contribution in [-0.4, -0.2) is 49.5 Å². The summed E-state index contributed by atoms with van der Waals surface area (Å²) in [6.07, 6.45) is 1.88. The van der Waals surface area contributed by atoms with Gasteiger partial charge in [0.05, 0.1) is 18.1 Å². The van der Waals surface area contributed by atoms with E-state index in [4.69, 9.17) is 4.74 Å². The molecular weight excluding hydrogens is 434 g/mol. The van der Waals surface area contributed by atoms with Crippen LogP contribution in [0.4, 0.5) is 0 Å². The van der Waals surface area contributed by atoms with Gasteiger partial charge in [-0.1, -0.05) is 35.9 Å². The highest BCUT2D eigenvalue weighted by atomic mass is 32.2. The number of carbonyl (C=O) groups is 1. The Morgan fingerprint density at radius 2 is 1.87 bits per heavy atom. The van der Waals surface area contributed by atoms with Gasteiger partial charge in [0.15, 0.2) is 4.80 Å². The minimum absolute atomic E-state index is 0.0918. The Labute approximate surface area is 185 Å². The van der Waals surface area contributed by atoms with Crippen molar-refractivity contribution in [2.24, 2.45) is 4.99 Å². The maximum absolute atomic E-state index is 12.9. The number of thiazole rings is 1. The van der Waals surface area contributed by atoms with Gasteiger partial charge in [-0.3, -0.25) is 4.79 Å². The first-order chi connectivity index (χ1) is 14.9. The molecule has 0 saturated carbocycles. The highest BCUT2D eigenvalue weighted by Gasteiger charge is 2.26. The van der Waals surface area contributed by atoms with Gasteiger partial charge in [0.2, 0.25) is 10.0 Å². The monoisotopic (exact) mass is 457 g/mol. The molecule has 0 bridgehead atoms. The molecule has 1 fully saturated rings. The first-order valence-corrected chi connectivity index (χ1v) is 12.2. The van der Waals surface area contributed by atoms with Crippen molar-refractivity contribution >= 4 is 27.3 Å². The van der Waals surface area contributed by atoms with Crippen LogP contribution in [0.1, 0.15) is 21.5 Å². The Hall–Kier alpha value is -2.59. The minimum Gasteiger partial charge on any atom is -0.379 e. The number of aryl methyl sites for hydroxylation is 1. The summed E-state index contributed by atoms with van der Waals surface area (Å²) in [4.78, 5) is 17.7. The number of aromatic nitrogens is 1. The van der Waals surface area contributed by atoms with Crippen LogP contribution < -0.4 is 4.80 Å². The SMILES string of the molecule is Cc1ccc(Cn2ccsc2=NC(=O)c2cccc(S(=O)(=O)N3CCOCC3)c2)cc1. The van der Waals surface area contributed by atoms with Crippen molar-refractivity contribution in [1.29, 1.82) is 0 Å². The highest BCUT2D eigenvalue weighted by molar-refractivity contribution is 7.89. The van der Waals surface area contributed by atoms with E-state index in [2.05, 4.69) is 4.99 Å². The number of sulfonamides is 1. The lowest BCUT2D eigenvalue weighted by Gasteiger charge is -2.26. The summed E-state index contributed by atoms with van der Waals surface area (Å²) in [5, 5.41) is 1.87. The van der Waals surface area contributed by atoms with E-state index in [1.54, 1.807) is 12.1 Å². The number of nitrogens with zero attached hydrogens (tertiary/aromatic N) is 3. The van der Waals surface area contributed by atoms with Crippen molar-refractivity contribution in [3.63, 3.8) is 0 Å². The number of hydrogen-bond donors (Lipinski definition) is 0. The molecule has 2 aromatic carbocycles. The average molecular weight is 458 g/mol. The smallest absolute Gasteiger partial charge is 0.279 e. The van der Waals surface area contributed by atoms with E-state index >= 15 is 0 Å². The topological polar surface area (TPSA) is 81.0 Å². The second kappa shape index (κ2) is 9.27. The molecule has 0 spiro atoms. The number of carbonyl (C=O) groups excluding carboxylic acids is 1. The molecule has 9 heteroatoms. The zero-order valence-corrected chi connectivity index (χ0v) is 18.7. The fraction of sp³-hybridized carbons (Fsp3) is 0.273. The first-order valence-electron chi connectivity index (χ1n) is 9.90. The predicted molar refractivity (Wildman–Crippen MR) is 119 cm³/mol. The molecule has 0 aliphatic carbocycles. The minimum atomic E-state index is -3.68. The van der Waals surface area contributed by atoms with Crippen LogP contribution in [0.5, 0.6) is 0 Å². The van der Waals surface area contributed by atoms with Gasteiger partial charge >= 0.3 is 0 Å². The zero-order valence-electron chi connectivity index (χ0n) is 17.1. The molecule has 162 valence electrons. The molecule has 0 unspecified atom stereocenters. The van der Waals surface area contributed by atoms with Gasteiger partial charge in [-0.2, -0.15) is 9.30 Å². The largest absolute Gasteiger partial charge is 0.379 e. The number of amides is 1. The van der Waals surface area contributed by atoms with Crippen molar-refractivity contribution < 1.29 is 17.9 Å². The molecule has 31 heavy (non-hydrogen) atoms. The summed E-state index contributed by atoms with van der Waals surface area (Å²) in [6.45, 7) is 3.98. The summed E-state index contributed by atoms with van der Waals surface area (Å²) in [7, 11) is -3.68. The van der Waals surface area contributed by atoms with Crippen molar-refractivity contribution in [3.05, 3.63) is 81.6 Å². The fourth-order valence-corrected chi connectivity index (χ4v) is 5.45. The van der Waals surface area contributed by atoms with Gasteiger partial charge in [0, 0.05) is 36.8 Å². The summed E-state index contributed by atoms with van der Waals surface area (Å²) in [5.41, 5.74) is 2.53. The van der Waals surface area contributed by atoms with Crippen LogP contribution in [-0.2, 0) is 21.3 Å². The van der Waals surface area contributed by atoms with E-state index in [0.717, 1.165) is 5.56 Å². The lowest BCUT2D eigenvalue weighted by atomic mass is 10.1. The predicted octanol–water partition coefficient (Wildman–Crippen LogP) is 2.67. The normalized spacial score (nSPS) is 15.8. The van der Waals surface area contributed by atoms with Crippen LogP contribution in [0.15, 0.2) is 70.0 Å². The van der Waals surface area contributed by atoms with Crippen LogP contribution in [0.25, 0.3) is 0 Å². The van der Waals surface area contributed by atoms with Gasteiger partial charge in [-0.05, 0) is 30.7 Å². The van der Waals surface area contributed by atoms with Crippen LogP contribution in [0.2, 0.25) is 0 Å². The Morgan fingerprint density at radius 1 is 1.13 bits per heavy atom. The number of rotatable bonds is 5. The van der Waals surface area contributed by atoms with Crippen molar-refractivity contribution in [2.45, 2.75) is 18.4 Å². The van der Waals surface area contributed by atoms with E-state index in [9.17, 15) is 13.2 Å². The van der Waals surface area contributed by atoms with Gasteiger partial charge in [0.1, 0.15) is 0 Å². The third kappa shape index (κ3) is 5.01. The van der Waals surface area contributed by atoms with Crippen LogP contribution >= 0.6 is 11.3 Å². The number of ether oxygens (including phenoxy) is 1. The molecular formula is C22H23N3O4S2. The number of hydrogen-bond acceptors (Lipinski definition) is 5. The molecule has 1 aromatic heterocycles. The Kier molecular flexibility index (Phi) is 6.47. The fourth-order valence-electron chi connectivity index (χ4n) is 3.27. The Morgan fingerprint density at radius 3 is 2.61 bits per heavy atom. The number of morpholine rings is 1. The van der Waals surface area contributed by atoms with E-state index in [1.165, 1.54) is 33.3 Å². The molecule has 1 aliphatic rings. The Bertz CT molecular complexity index is 1240. The molecule has 1 saturated heterocycles. The van der Waals surface area contributed by atoms with Gasteiger partial charge in [-0.25, -0.2) is 8.42 Å². The maximum Gasteiger partial charge on any atom is 0.279 e. The van der Waals surface area contributed by atoms with E-state index in [-0.39, 0.29) is 10.5 Å². The second-order valence-corrected chi connectivity index (χ2v) is 10.1. The molecule has 1 aliphatic heterocycles. The number of benzene rings is 2. The molecule has 0 N–H and O–H groups in total. The molecule has 4 rings (SSSR count). The van der Waals surface area contributed by atoms with E-state index in [0.29, 0.717) is 37.6 Å². The summed E-state index contributed by atoms with van der Waals surface area (Å²) in [5.74, 6) is -0.473. The average Bonchev–Trinajstić information content (AvgIpc) is 3.22. The van der Waals surface area contributed by atoms with E-state index < -0.39 is 15.9 Å². The molecule has 0 atom stereocenters. The molecule has 3 aromatic rings. The second-order valence-electron chi connectivity index (χ2n) is 7.26. The van der Waals surface area contributed by atoms with E-state index in [1.807, 2.05) is 47.3 Å². The molecule has 0 radical (unpaired) electrons. The van der Waals surface area contributed by atoms with Crippen LogP contribution in [0, 0.1) is 6.92 Å². The lowest BCUT2D eigenvalue weighted by molar-refractivity contribution is 0.0730. The van der Waals surface area contributed by atoms with Gasteiger partial charge in [0.25, 0.3) is 5.91 Å². The Balaban J connectivity index is 1.58. The summed E-state index contributed by atoms with van der Waals surface area (Å²) in [6, 6.07) is 14.2. The van der Waals surface area contributed by atoms with Crippen molar-refractivity contribution in [2.75, 3.05) is 26.3 Å². The third-order valence-electron chi connectivity index (χ3n) is 5.02. The van der Waals surface area contributed by atoms with Gasteiger partial charge < -0.3 is 9.30 Å². The summed E-state index contributed by atoms with van der Waals surface area (Å²) < 4.78 is 34.3. The quantitative estimate of drug-likeness (QED) is 0.590. The van der Waals surface area contributed by atoms with Crippen molar-refractivity contribution in [3.8, 4) is 0 Å². The third-order valence-corrected chi connectivity index (χ3v) is 7.71. The van der Waals surface area contributed by atoms with Gasteiger partial charge in [-0.15, -0.1) is 11.3 Å². The standard InChI is InChI=1S/C22H23N3O4S2/c1-17-5-7-18(8-6-17)16-24-11-14-30-22(24)23-21(26)19-3-2-4-20(15-19)31(27,28)25-9-12-29-13-10-25/h2-8,11,14-15H,9-10,12-13,16H2,1H3. The van der Waals surface area contributed by atoms with Crippen molar-refractivity contribution in [1.82, 2.24) is 8.87 Å². The molecule has 2 heterocycles. The van der Waals surface area contributed by atoms with Crippen LogP contribution in [0.3, 0.4) is 0 Å². The lowest BCUT2D eigenvalue weighted by Crippen LogP contribution is -2.40. The zero-order chi connectivity index (χ0) is 21.8. The highest BCUT2D eigenvalue weighted by Crippen LogP contribution is 2.19. The maximum atomic E-state index is 12.9. The molecule has 1 amide bonds.